The summed E-state index contributed by atoms with van der Waals surface area (Å²) in [6, 6.07) is 27.1. The number of halogens is 2. The standard InChI is InChI=1S/C24H18Br2N2/c1-2-17-9-11-18(12-10-17)16-28-24(20-6-4-8-22(26)14-20)15-23(27-28)19-5-3-7-21(25)13-19/h2-15H,1,16H2. The van der Waals surface area contributed by atoms with Crippen LogP contribution in [0.3, 0.4) is 0 Å². The molecule has 0 atom stereocenters. The van der Waals surface area contributed by atoms with Crippen molar-refractivity contribution in [2.45, 2.75) is 6.54 Å². The average Bonchev–Trinajstić information content (AvgIpc) is 3.12. The van der Waals surface area contributed by atoms with Crippen molar-refractivity contribution in [1.82, 2.24) is 9.78 Å². The number of benzene rings is 3. The summed E-state index contributed by atoms with van der Waals surface area (Å²) in [5, 5.41) is 4.93. The van der Waals surface area contributed by atoms with Gasteiger partial charge in [0.15, 0.2) is 0 Å². The molecule has 0 aliphatic heterocycles. The van der Waals surface area contributed by atoms with E-state index in [1.54, 1.807) is 0 Å². The molecule has 0 spiro atoms. The summed E-state index contributed by atoms with van der Waals surface area (Å²) in [7, 11) is 0. The first-order valence-corrected chi connectivity index (χ1v) is 10.5. The Morgan fingerprint density at radius 2 is 1.46 bits per heavy atom. The maximum atomic E-state index is 4.93. The molecule has 0 bridgehead atoms. The average molecular weight is 494 g/mol. The molecule has 0 amide bonds. The van der Waals surface area contributed by atoms with Crippen molar-refractivity contribution < 1.29 is 0 Å². The fourth-order valence-electron chi connectivity index (χ4n) is 3.14. The van der Waals surface area contributed by atoms with Gasteiger partial charge in [0.05, 0.1) is 17.9 Å². The van der Waals surface area contributed by atoms with E-state index in [-0.39, 0.29) is 0 Å². The fraction of sp³-hybridized carbons (Fsp3) is 0.0417. The molecule has 3 aromatic carbocycles. The summed E-state index contributed by atoms with van der Waals surface area (Å²) in [4.78, 5) is 0. The van der Waals surface area contributed by atoms with Gasteiger partial charge in [0.2, 0.25) is 0 Å². The smallest absolute Gasteiger partial charge is 0.0930 e. The first-order chi connectivity index (χ1) is 13.6. The van der Waals surface area contributed by atoms with E-state index in [0.717, 1.165) is 37.0 Å². The SMILES string of the molecule is C=Cc1ccc(Cn2nc(-c3cccc(Br)c3)cc2-c2cccc(Br)c2)cc1. The predicted octanol–water partition coefficient (Wildman–Crippen LogP) is 7.43. The van der Waals surface area contributed by atoms with Gasteiger partial charge in [-0.15, -0.1) is 0 Å². The van der Waals surface area contributed by atoms with E-state index in [1.165, 1.54) is 5.56 Å². The third-order valence-corrected chi connectivity index (χ3v) is 5.55. The zero-order chi connectivity index (χ0) is 19.5. The van der Waals surface area contributed by atoms with Crippen LogP contribution in [-0.4, -0.2) is 9.78 Å². The van der Waals surface area contributed by atoms with Gasteiger partial charge in [-0.05, 0) is 41.5 Å². The fourth-order valence-corrected chi connectivity index (χ4v) is 3.94. The molecular weight excluding hydrogens is 476 g/mol. The maximum Gasteiger partial charge on any atom is 0.0930 e. The Hall–Kier alpha value is -2.43. The van der Waals surface area contributed by atoms with Crippen molar-refractivity contribution in [2.24, 2.45) is 0 Å². The molecule has 4 rings (SSSR count). The van der Waals surface area contributed by atoms with Crippen molar-refractivity contribution in [3.8, 4) is 22.5 Å². The monoisotopic (exact) mass is 492 g/mol. The molecule has 0 saturated heterocycles. The third-order valence-electron chi connectivity index (χ3n) is 4.57. The van der Waals surface area contributed by atoms with Crippen LogP contribution in [0, 0.1) is 0 Å². The van der Waals surface area contributed by atoms with E-state index >= 15 is 0 Å². The zero-order valence-electron chi connectivity index (χ0n) is 15.1. The molecule has 0 aliphatic carbocycles. The minimum atomic E-state index is 0.702. The number of nitrogens with zero attached hydrogens (tertiary/aromatic N) is 2. The minimum Gasteiger partial charge on any atom is -0.260 e. The maximum absolute atomic E-state index is 4.93. The van der Waals surface area contributed by atoms with E-state index in [0.29, 0.717) is 6.54 Å². The molecule has 1 aromatic heterocycles. The summed E-state index contributed by atoms with van der Waals surface area (Å²) < 4.78 is 4.17. The molecular formula is C24H18Br2N2. The summed E-state index contributed by atoms with van der Waals surface area (Å²) in [6.45, 7) is 4.53. The molecule has 4 aromatic rings. The number of aromatic nitrogens is 2. The lowest BCUT2D eigenvalue weighted by Gasteiger charge is -2.08. The van der Waals surface area contributed by atoms with Crippen LogP contribution in [0.1, 0.15) is 11.1 Å². The van der Waals surface area contributed by atoms with E-state index < -0.39 is 0 Å². The summed E-state index contributed by atoms with van der Waals surface area (Å²) in [5.74, 6) is 0. The van der Waals surface area contributed by atoms with E-state index in [1.807, 2.05) is 24.3 Å². The van der Waals surface area contributed by atoms with Gasteiger partial charge in [-0.2, -0.15) is 5.10 Å². The first-order valence-electron chi connectivity index (χ1n) is 8.93. The van der Waals surface area contributed by atoms with Crippen molar-refractivity contribution in [2.75, 3.05) is 0 Å². The van der Waals surface area contributed by atoms with E-state index in [2.05, 4.69) is 104 Å². The van der Waals surface area contributed by atoms with Gasteiger partial charge in [0.1, 0.15) is 0 Å². The van der Waals surface area contributed by atoms with Gasteiger partial charge in [-0.1, -0.05) is 93.0 Å². The van der Waals surface area contributed by atoms with E-state index in [4.69, 9.17) is 5.10 Å². The zero-order valence-corrected chi connectivity index (χ0v) is 18.3. The van der Waals surface area contributed by atoms with Gasteiger partial charge in [-0.25, -0.2) is 0 Å². The molecule has 0 fully saturated rings. The van der Waals surface area contributed by atoms with Crippen LogP contribution in [0.2, 0.25) is 0 Å². The van der Waals surface area contributed by atoms with Crippen molar-refractivity contribution >= 4 is 37.9 Å². The van der Waals surface area contributed by atoms with Gasteiger partial charge in [0, 0.05) is 20.1 Å². The van der Waals surface area contributed by atoms with Crippen molar-refractivity contribution in [3.05, 3.63) is 106 Å². The molecule has 28 heavy (non-hydrogen) atoms. The summed E-state index contributed by atoms with van der Waals surface area (Å²) >= 11 is 7.14. The second-order valence-electron chi connectivity index (χ2n) is 6.54. The van der Waals surface area contributed by atoms with Crippen LogP contribution in [-0.2, 0) is 6.54 Å². The van der Waals surface area contributed by atoms with Crippen LogP contribution in [0.15, 0.2) is 94.4 Å². The Kier molecular flexibility index (Phi) is 5.60. The first kappa shape index (κ1) is 18.9. The Morgan fingerprint density at radius 3 is 2.11 bits per heavy atom. The molecule has 0 N–H and O–H groups in total. The van der Waals surface area contributed by atoms with Crippen LogP contribution in [0.4, 0.5) is 0 Å². The lowest BCUT2D eigenvalue weighted by atomic mass is 10.1. The highest BCUT2D eigenvalue weighted by Crippen LogP contribution is 2.29. The minimum absolute atomic E-state index is 0.702. The second kappa shape index (κ2) is 8.29. The molecule has 0 unspecified atom stereocenters. The molecule has 0 radical (unpaired) electrons. The highest BCUT2D eigenvalue weighted by molar-refractivity contribution is 9.10. The number of hydrogen-bond donors (Lipinski definition) is 0. The van der Waals surface area contributed by atoms with Gasteiger partial charge in [-0.3, -0.25) is 4.68 Å². The Labute approximate surface area is 181 Å². The van der Waals surface area contributed by atoms with Crippen LogP contribution < -0.4 is 0 Å². The molecule has 2 nitrogen and oxygen atoms in total. The lowest BCUT2D eigenvalue weighted by Crippen LogP contribution is -2.04. The van der Waals surface area contributed by atoms with Crippen molar-refractivity contribution in [1.29, 1.82) is 0 Å². The van der Waals surface area contributed by atoms with Crippen LogP contribution in [0.5, 0.6) is 0 Å². The number of hydrogen-bond acceptors (Lipinski definition) is 1. The van der Waals surface area contributed by atoms with E-state index in [9.17, 15) is 0 Å². The largest absolute Gasteiger partial charge is 0.260 e. The summed E-state index contributed by atoms with van der Waals surface area (Å²) in [6.07, 6.45) is 1.86. The third kappa shape index (κ3) is 4.18. The molecule has 0 saturated carbocycles. The second-order valence-corrected chi connectivity index (χ2v) is 8.37. The van der Waals surface area contributed by atoms with Gasteiger partial charge < -0.3 is 0 Å². The highest BCUT2D eigenvalue weighted by atomic mass is 79.9. The Morgan fingerprint density at radius 1 is 0.821 bits per heavy atom. The molecule has 1 heterocycles. The van der Waals surface area contributed by atoms with Crippen LogP contribution in [0.25, 0.3) is 28.6 Å². The predicted molar refractivity (Wildman–Crippen MR) is 124 cm³/mol. The molecule has 138 valence electrons. The Balaban J connectivity index is 1.79. The topological polar surface area (TPSA) is 17.8 Å². The normalized spacial score (nSPS) is 10.8. The Bertz CT molecular complexity index is 1130. The molecule has 4 heteroatoms. The van der Waals surface area contributed by atoms with Crippen molar-refractivity contribution in [3.63, 3.8) is 0 Å². The lowest BCUT2D eigenvalue weighted by molar-refractivity contribution is 0.697. The quantitative estimate of drug-likeness (QED) is 0.282. The molecule has 0 aliphatic rings. The summed E-state index contributed by atoms with van der Waals surface area (Å²) in [5.41, 5.74) is 6.58. The highest BCUT2D eigenvalue weighted by Gasteiger charge is 2.13. The number of rotatable bonds is 5. The van der Waals surface area contributed by atoms with Gasteiger partial charge >= 0.3 is 0 Å². The van der Waals surface area contributed by atoms with Gasteiger partial charge in [0.25, 0.3) is 0 Å². The van der Waals surface area contributed by atoms with Crippen LogP contribution >= 0.6 is 31.9 Å².